The fraction of sp³-hybridized carbons (Fsp3) is 0.889. The monoisotopic (exact) mass is 172 g/mol. The van der Waals surface area contributed by atoms with E-state index in [1.807, 2.05) is 6.92 Å². The van der Waals surface area contributed by atoms with Gasteiger partial charge in [-0.25, -0.2) is 0 Å². The summed E-state index contributed by atoms with van der Waals surface area (Å²) in [5, 5.41) is 2.86. The van der Waals surface area contributed by atoms with E-state index in [1.165, 1.54) is 0 Å². The van der Waals surface area contributed by atoms with Crippen molar-refractivity contribution < 1.29 is 4.79 Å². The molecule has 0 spiro atoms. The molecule has 3 N–H and O–H groups in total. The minimum Gasteiger partial charge on any atom is -0.356 e. The molecular weight excluding hydrogens is 152 g/mol. The molecule has 1 atom stereocenters. The first-order valence-corrected chi connectivity index (χ1v) is 4.67. The minimum atomic E-state index is 0.134. The summed E-state index contributed by atoms with van der Waals surface area (Å²) in [5.74, 6) is 0.679. The lowest BCUT2D eigenvalue weighted by atomic mass is 10.1. The van der Waals surface area contributed by atoms with E-state index in [2.05, 4.69) is 12.2 Å². The highest BCUT2D eigenvalue weighted by molar-refractivity contribution is 5.75. The predicted octanol–water partition coefficient (Wildman–Crippen LogP) is 0.888. The number of carbonyl (C=O) groups excluding carboxylic acids is 1. The second kappa shape index (κ2) is 7.10. The predicted molar refractivity (Wildman–Crippen MR) is 50.8 cm³/mol. The first-order valence-electron chi connectivity index (χ1n) is 4.67. The van der Waals surface area contributed by atoms with Crippen molar-refractivity contribution in [3.05, 3.63) is 0 Å². The molecule has 0 radical (unpaired) electrons. The lowest BCUT2D eigenvalue weighted by molar-refractivity contribution is -0.120. The van der Waals surface area contributed by atoms with Crippen molar-refractivity contribution in [3.63, 3.8) is 0 Å². The smallest absolute Gasteiger partial charge is 0.219 e. The van der Waals surface area contributed by atoms with Crippen LogP contribution in [0.15, 0.2) is 0 Å². The third-order valence-electron chi connectivity index (χ3n) is 1.87. The number of rotatable bonds is 6. The molecule has 0 aromatic rings. The normalized spacial score (nSPS) is 12.6. The molecule has 0 fully saturated rings. The van der Waals surface area contributed by atoms with Crippen molar-refractivity contribution in [2.75, 3.05) is 13.1 Å². The van der Waals surface area contributed by atoms with E-state index in [9.17, 15) is 4.79 Å². The number of hydrogen-bond acceptors (Lipinski definition) is 2. The summed E-state index contributed by atoms with van der Waals surface area (Å²) in [6.07, 6.45) is 2.72. The molecule has 3 nitrogen and oxygen atoms in total. The van der Waals surface area contributed by atoms with Crippen molar-refractivity contribution in [1.29, 1.82) is 0 Å². The maximum absolute atomic E-state index is 10.9. The lowest BCUT2D eigenvalue weighted by Crippen LogP contribution is -2.27. The van der Waals surface area contributed by atoms with Crippen molar-refractivity contribution in [2.45, 2.75) is 33.1 Å². The fourth-order valence-corrected chi connectivity index (χ4v) is 0.981. The van der Waals surface area contributed by atoms with E-state index in [0.29, 0.717) is 12.3 Å². The van der Waals surface area contributed by atoms with Gasteiger partial charge in [-0.05, 0) is 25.3 Å². The maximum Gasteiger partial charge on any atom is 0.219 e. The van der Waals surface area contributed by atoms with Crippen LogP contribution in [0.5, 0.6) is 0 Å². The highest BCUT2D eigenvalue weighted by atomic mass is 16.1. The third kappa shape index (κ3) is 6.16. The van der Waals surface area contributed by atoms with Crippen molar-refractivity contribution in [3.8, 4) is 0 Å². The van der Waals surface area contributed by atoms with E-state index in [4.69, 9.17) is 5.73 Å². The van der Waals surface area contributed by atoms with Crippen LogP contribution in [0.25, 0.3) is 0 Å². The largest absolute Gasteiger partial charge is 0.356 e. The van der Waals surface area contributed by atoms with E-state index >= 15 is 0 Å². The average Bonchev–Trinajstić information content (AvgIpc) is 2.10. The quantitative estimate of drug-likeness (QED) is 0.625. The highest BCUT2D eigenvalue weighted by Crippen LogP contribution is 2.02. The van der Waals surface area contributed by atoms with Gasteiger partial charge >= 0.3 is 0 Å². The third-order valence-corrected chi connectivity index (χ3v) is 1.87. The molecule has 0 aliphatic rings. The van der Waals surface area contributed by atoms with Crippen LogP contribution >= 0.6 is 0 Å². The van der Waals surface area contributed by atoms with Crippen molar-refractivity contribution in [1.82, 2.24) is 5.32 Å². The second-order valence-electron chi connectivity index (χ2n) is 3.19. The first kappa shape index (κ1) is 11.4. The minimum absolute atomic E-state index is 0.134. The molecule has 1 amide bonds. The number of nitrogens with two attached hydrogens (primary N) is 1. The molecule has 0 bridgehead atoms. The van der Waals surface area contributed by atoms with E-state index in [-0.39, 0.29) is 5.91 Å². The van der Waals surface area contributed by atoms with Gasteiger partial charge in [-0.1, -0.05) is 13.8 Å². The number of hydrogen-bond donors (Lipinski definition) is 2. The Morgan fingerprint density at radius 2 is 2.25 bits per heavy atom. The Hall–Kier alpha value is -0.570. The van der Waals surface area contributed by atoms with Gasteiger partial charge in [0.15, 0.2) is 0 Å². The van der Waals surface area contributed by atoms with Gasteiger partial charge in [0.25, 0.3) is 0 Å². The molecule has 0 saturated carbocycles. The van der Waals surface area contributed by atoms with Gasteiger partial charge in [0.1, 0.15) is 0 Å². The molecule has 72 valence electrons. The van der Waals surface area contributed by atoms with E-state index in [0.717, 1.165) is 25.9 Å². The second-order valence-corrected chi connectivity index (χ2v) is 3.19. The van der Waals surface area contributed by atoms with Gasteiger partial charge in [-0.3, -0.25) is 4.79 Å². The summed E-state index contributed by atoms with van der Waals surface area (Å²) in [7, 11) is 0. The van der Waals surface area contributed by atoms with Gasteiger partial charge in [0.2, 0.25) is 5.91 Å². The first-order chi connectivity index (χ1) is 5.70. The van der Waals surface area contributed by atoms with E-state index < -0.39 is 0 Å². The standard InChI is InChI=1S/C9H20N2O/c1-3-9(12)11-7-8(2)5-4-6-10/h8H,3-7,10H2,1-2H3,(H,11,12). The number of amides is 1. The zero-order chi connectivity index (χ0) is 9.40. The molecule has 0 heterocycles. The Balaban J connectivity index is 3.30. The summed E-state index contributed by atoms with van der Waals surface area (Å²) in [6.45, 7) is 5.52. The summed E-state index contributed by atoms with van der Waals surface area (Å²) in [6, 6.07) is 0. The van der Waals surface area contributed by atoms with Crippen molar-refractivity contribution in [2.24, 2.45) is 11.7 Å². The van der Waals surface area contributed by atoms with Gasteiger partial charge in [0, 0.05) is 13.0 Å². The van der Waals surface area contributed by atoms with Crippen LogP contribution in [0.2, 0.25) is 0 Å². The lowest BCUT2D eigenvalue weighted by Gasteiger charge is -2.10. The Kier molecular flexibility index (Phi) is 6.76. The maximum atomic E-state index is 10.9. The van der Waals surface area contributed by atoms with E-state index in [1.54, 1.807) is 0 Å². The molecule has 12 heavy (non-hydrogen) atoms. The van der Waals surface area contributed by atoms with Gasteiger partial charge < -0.3 is 11.1 Å². The van der Waals surface area contributed by atoms with Crippen LogP contribution in [-0.4, -0.2) is 19.0 Å². The number of nitrogens with one attached hydrogen (secondary N) is 1. The summed E-state index contributed by atoms with van der Waals surface area (Å²) < 4.78 is 0. The van der Waals surface area contributed by atoms with Crippen LogP contribution in [0.1, 0.15) is 33.1 Å². The number of carbonyl (C=O) groups is 1. The van der Waals surface area contributed by atoms with Crippen molar-refractivity contribution >= 4 is 5.91 Å². The molecule has 0 saturated heterocycles. The molecule has 0 aliphatic carbocycles. The summed E-state index contributed by atoms with van der Waals surface area (Å²) in [5.41, 5.74) is 5.37. The SMILES string of the molecule is CCC(=O)NCC(C)CCCN. The van der Waals surface area contributed by atoms with Gasteiger partial charge in [0.05, 0.1) is 0 Å². The topological polar surface area (TPSA) is 55.1 Å². The van der Waals surface area contributed by atoms with Crippen LogP contribution < -0.4 is 11.1 Å². The van der Waals surface area contributed by atoms with Gasteiger partial charge in [-0.15, -0.1) is 0 Å². The molecule has 1 unspecified atom stereocenters. The molecule has 3 heteroatoms. The van der Waals surface area contributed by atoms with Crippen LogP contribution in [0.3, 0.4) is 0 Å². The molecule has 0 aliphatic heterocycles. The molecule has 0 rings (SSSR count). The summed E-state index contributed by atoms with van der Waals surface area (Å²) >= 11 is 0. The van der Waals surface area contributed by atoms with Crippen LogP contribution in [0.4, 0.5) is 0 Å². The Bertz CT molecular complexity index is 126. The molecule has 0 aromatic heterocycles. The Morgan fingerprint density at radius 3 is 2.75 bits per heavy atom. The molecule has 0 aromatic carbocycles. The Labute approximate surface area is 74.7 Å². The average molecular weight is 172 g/mol. The zero-order valence-electron chi connectivity index (χ0n) is 8.10. The fourth-order valence-electron chi connectivity index (χ4n) is 0.981. The van der Waals surface area contributed by atoms with Crippen LogP contribution in [-0.2, 0) is 4.79 Å². The van der Waals surface area contributed by atoms with Gasteiger partial charge in [-0.2, -0.15) is 0 Å². The Morgan fingerprint density at radius 1 is 1.58 bits per heavy atom. The zero-order valence-corrected chi connectivity index (χ0v) is 8.10. The van der Waals surface area contributed by atoms with Crippen LogP contribution in [0, 0.1) is 5.92 Å². The summed E-state index contributed by atoms with van der Waals surface area (Å²) in [4.78, 5) is 10.9. The molecular formula is C9H20N2O. The highest BCUT2D eigenvalue weighted by Gasteiger charge is 2.02.